The van der Waals surface area contributed by atoms with Gasteiger partial charge >= 0.3 is 5.97 Å². The molecule has 5 nitrogen and oxygen atoms in total. The minimum absolute atomic E-state index is 0.0873. The quantitative estimate of drug-likeness (QED) is 0.423. The van der Waals surface area contributed by atoms with E-state index in [9.17, 15) is 4.79 Å². The molecule has 5 heteroatoms. The minimum atomic E-state index is -0.268. The highest BCUT2D eigenvalue weighted by Crippen LogP contribution is 2.30. The zero-order valence-corrected chi connectivity index (χ0v) is 16.6. The van der Waals surface area contributed by atoms with Crippen LogP contribution in [0.1, 0.15) is 45.1 Å². The molecule has 0 saturated heterocycles. The number of hydrogen-bond acceptors (Lipinski definition) is 5. The van der Waals surface area contributed by atoms with E-state index in [1.807, 2.05) is 12.1 Å². The van der Waals surface area contributed by atoms with Gasteiger partial charge < -0.3 is 19.5 Å². The molecule has 3 rings (SSSR count). The monoisotopic (exact) mass is 375 g/mol. The van der Waals surface area contributed by atoms with Crippen LogP contribution in [0.3, 0.4) is 0 Å². The zero-order valence-electron chi connectivity index (χ0n) is 16.6. The number of rotatable bonds is 13. The van der Waals surface area contributed by atoms with Crippen LogP contribution in [0.5, 0.6) is 5.75 Å². The molecule has 2 aliphatic carbocycles. The summed E-state index contributed by atoms with van der Waals surface area (Å²) in [7, 11) is 0. The molecule has 1 aromatic rings. The third-order valence-corrected chi connectivity index (χ3v) is 4.89. The lowest BCUT2D eigenvalue weighted by Crippen LogP contribution is -2.38. The number of ether oxygens (including phenoxy) is 3. The van der Waals surface area contributed by atoms with Gasteiger partial charge in [0.05, 0.1) is 12.5 Å². The van der Waals surface area contributed by atoms with Crippen molar-refractivity contribution >= 4 is 5.97 Å². The summed E-state index contributed by atoms with van der Waals surface area (Å²) >= 11 is 0. The average molecular weight is 376 g/mol. The van der Waals surface area contributed by atoms with Gasteiger partial charge in [-0.3, -0.25) is 4.79 Å². The molecule has 0 radical (unpaired) electrons. The van der Waals surface area contributed by atoms with E-state index >= 15 is 0 Å². The van der Waals surface area contributed by atoms with E-state index in [0.29, 0.717) is 19.2 Å². The van der Waals surface area contributed by atoms with Gasteiger partial charge in [-0.2, -0.15) is 0 Å². The summed E-state index contributed by atoms with van der Waals surface area (Å²) in [6, 6.07) is 8.45. The Morgan fingerprint density at radius 1 is 1.15 bits per heavy atom. The largest absolute Gasteiger partial charge is 0.490 e. The van der Waals surface area contributed by atoms with Gasteiger partial charge in [0, 0.05) is 19.2 Å². The Kier molecular flexibility index (Phi) is 7.53. The van der Waals surface area contributed by atoms with Gasteiger partial charge in [0.2, 0.25) is 0 Å². The Morgan fingerprint density at radius 2 is 1.89 bits per heavy atom. The van der Waals surface area contributed by atoms with Crippen molar-refractivity contribution in [2.24, 2.45) is 11.8 Å². The van der Waals surface area contributed by atoms with E-state index in [0.717, 1.165) is 44.1 Å². The summed E-state index contributed by atoms with van der Waals surface area (Å²) in [5, 5.41) is 3.33. The van der Waals surface area contributed by atoms with E-state index in [1.54, 1.807) is 0 Å². The second kappa shape index (κ2) is 10.1. The van der Waals surface area contributed by atoms with Gasteiger partial charge in [-0.15, -0.1) is 0 Å². The predicted molar refractivity (Wildman–Crippen MR) is 105 cm³/mol. The molecular weight excluding hydrogens is 342 g/mol. The average Bonchev–Trinajstić information content (AvgIpc) is 3.55. The summed E-state index contributed by atoms with van der Waals surface area (Å²) in [5.41, 5.74) is 1.25. The molecule has 1 unspecified atom stereocenters. The number of nitrogens with one attached hydrogen (secondary N) is 1. The second-order valence-electron chi connectivity index (χ2n) is 8.12. The van der Waals surface area contributed by atoms with Crippen LogP contribution in [0.2, 0.25) is 0 Å². The molecule has 1 aromatic carbocycles. The zero-order chi connectivity index (χ0) is 19.1. The van der Waals surface area contributed by atoms with Gasteiger partial charge in [0.15, 0.2) is 0 Å². The van der Waals surface area contributed by atoms with Crippen molar-refractivity contribution in [2.45, 2.75) is 58.1 Å². The van der Waals surface area contributed by atoms with E-state index in [2.05, 4.69) is 31.3 Å². The number of hydrogen-bond donors (Lipinski definition) is 1. The lowest BCUT2D eigenvalue weighted by molar-refractivity contribution is -0.152. The highest BCUT2D eigenvalue weighted by molar-refractivity contribution is 5.75. The predicted octanol–water partition coefficient (Wildman–Crippen LogP) is 3.35. The first-order chi connectivity index (χ1) is 13.1. The van der Waals surface area contributed by atoms with Crippen molar-refractivity contribution in [1.29, 1.82) is 0 Å². The molecular formula is C22H33NO4. The highest BCUT2D eigenvalue weighted by Gasteiger charge is 2.33. The first-order valence-corrected chi connectivity index (χ1v) is 10.3. The van der Waals surface area contributed by atoms with Crippen molar-refractivity contribution in [1.82, 2.24) is 5.32 Å². The van der Waals surface area contributed by atoms with Gasteiger partial charge in [0.1, 0.15) is 18.5 Å². The van der Waals surface area contributed by atoms with E-state index in [4.69, 9.17) is 14.2 Å². The smallest absolute Gasteiger partial charge is 0.309 e. The Balaban J connectivity index is 1.39. The van der Waals surface area contributed by atoms with Crippen molar-refractivity contribution in [3.8, 4) is 5.75 Å². The van der Waals surface area contributed by atoms with Crippen LogP contribution in [0.25, 0.3) is 0 Å². The van der Waals surface area contributed by atoms with E-state index < -0.39 is 0 Å². The van der Waals surface area contributed by atoms with E-state index in [-0.39, 0.29) is 18.0 Å². The topological polar surface area (TPSA) is 56.8 Å². The van der Waals surface area contributed by atoms with Crippen LogP contribution < -0.4 is 10.1 Å². The molecule has 0 amide bonds. The Labute approximate surface area is 162 Å². The summed E-state index contributed by atoms with van der Waals surface area (Å²) in [5.74, 6) is 1.63. The minimum Gasteiger partial charge on any atom is -0.490 e. The van der Waals surface area contributed by atoms with Crippen LogP contribution >= 0.6 is 0 Å². The molecule has 150 valence electrons. The fourth-order valence-corrected chi connectivity index (χ4v) is 2.75. The maximum Gasteiger partial charge on any atom is 0.309 e. The molecule has 2 aliphatic rings. The first-order valence-electron chi connectivity index (χ1n) is 10.3. The van der Waals surface area contributed by atoms with Gasteiger partial charge in [0.25, 0.3) is 0 Å². The maximum atomic E-state index is 12.0. The van der Waals surface area contributed by atoms with Crippen LogP contribution in [0.4, 0.5) is 0 Å². The molecule has 0 bridgehead atoms. The lowest BCUT2D eigenvalue weighted by Gasteiger charge is -2.20. The molecule has 0 aromatic heterocycles. The number of carbonyl (C=O) groups is 1. The van der Waals surface area contributed by atoms with Gasteiger partial charge in [-0.05, 0) is 55.7 Å². The van der Waals surface area contributed by atoms with Crippen LogP contribution in [0.15, 0.2) is 24.3 Å². The Bertz CT molecular complexity index is 578. The normalized spacial score (nSPS) is 17.7. The maximum absolute atomic E-state index is 12.0. The SMILES string of the molecule is CC(C)NCC(COc1ccc(CCOCC2CC2)cc1)OC(=O)C1CC1. The number of esters is 1. The Hall–Kier alpha value is -1.59. The van der Waals surface area contributed by atoms with Crippen LogP contribution in [0, 0.1) is 11.8 Å². The Morgan fingerprint density at radius 3 is 2.52 bits per heavy atom. The molecule has 0 aliphatic heterocycles. The molecule has 27 heavy (non-hydrogen) atoms. The molecule has 0 heterocycles. The van der Waals surface area contributed by atoms with Crippen molar-refractivity contribution in [3.63, 3.8) is 0 Å². The molecule has 1 N–H and O–H groups in total. The summed E-state index contributed by atoms with van der Waals surface area (Å²) < 4.78 is 17.2. The van der Waals surface area contributed by atoms with Crippen LogP contribution in [-0.4, -0.2) is 44.5 Å². The number of benzene rings is 1. The lowest BCUT2D eigenvalue weighted by atomic mass is 10.1. The molecule has 2 saturated carbocycles. The molecule has 0 spiro atoms. The highest BCUT2D eigenvalue weighted by atomic mass is 16.6. The van der Waals surface area contributed by atoms with Crippen LogP contribution in [-0.2, 0) is 20.7 Å². The summed E-state index contributed by atoms with van der Waals surface area (Å²) in [4.78, 5) is 12.0. The standard InChI is InChI=1S/C22H33NO4/c1-16(2)23-13-21(27-22(24)19-7-8-19)15-26-20-9-5-17(6-10-20)11-12-25-14-18-3-4-18/h5-6,9-10,16,18-19,21,23H,3-4,7-8,11-15H2,1-2H3. The molecule has 2 fully saturated rings. The summed E-state index contributed by atoms with van der Waals surface area (Å²) in [6.07, 6.45) is 5.22. The van der Waals surface area contributed by atoms with E-state index in [1.165, 1.54) is 18.4 Å². The van der Waals surface area contributed by atoms with Crippen molar-refractivity contribution < 1.29 is 19.0 Å². The third kappa shape index (κ3) is 7.89. The van der Waals surface area contributed by atoms with Gasteiger partial charge in [-0.1, -0.05) is 26.0 Å². The van der Waals surface area contributed by atoms with Crippen molar-refractivity contribution in [2.75, 3.05) is 26.4 Å². The van der Waals surface area contributed by atoms with Crippen molar-refractivity contribution in [3.05, 3.63) is 29.8 Å². The van der Waals surface area contributed by atoms with Gasteiger partial charge in [-0.25, -0.2) is 0 Å². The fraction of sp³-hybridized carbons (Fsp3) is 0.682. The summed E-state index contributed by atoms with van der Waals surface area (Å²) in [6.45, 7) is 6.80. The number of carbonyl (C=O) groups excluding carboxylic acids is 1. The second-order valence-corrected chi connectivity index (χ2v) is 8.12. The molecule has 1 atom stereocenters. The fourth-order valence-electron chi connectivity index (χ4n) is 2.75. The third-order valence-electron chi connectivity index (χ3n) is 4.89. The first kappa shape index (κ1) is 20.2.